The van der Waals surface area contributed by atoms with E-state index in [1.54, 1.807) is 0 Å². The van der Waals surface area contributed by atoms with Gasteiger partial charge in [0.1, 0.15) is 9.40 Å². The minimum atomic E-state index is -0.348. The Morgan fingerprint density at radius 2 is 2.47 bits per heavy atom. The molecule has 0 spiro atoms. The second-order valence-electron chi connectivity index (χ2n) is 3.10. The molecular formula is C9H8BrIN2O2. The summed E-state index contributed by atoms with van der Waals surface area (Å²) < 4.78 is 1.97. The van der Waals surface area contributed by atoms with E-state index in [1.165, 1.54) is 12.1 Å². The molecule has 4 nitrogen and oxygen atoms in total. The van der Waals surface area contributed by atoms with Crippen molar-refractivity contribution in [3.63, 3.8) is 0 Å². The minimum absolute atomic E-state index is 0.348. The van der Waals surface area contributed by atoms with Crippen molar-refractivity contribution in [1.29, 1.82) is 0 Å². The van der Waals surface area contributed by atoms with Crippen LogP contribution in [0.3, 0.4) is 0 Å². The molecule has 1 aliphatic heterocycles. The zero-order chi connectivity index (χ0) is 11.0. The van der Waals surface area contributed by atoms with Gasteiger partial charge in [-0.1, -0.05) is 22.0 Å². The fraction of sp³-hybridized carbons (Fsp3) is 0.222. The maximum absolute atomic E-state index is 10.9. The van der Waals surface area contributed by atoms with Gasteiger partial charge in [-0.2, -0.15) is 0 Å². The molecule has 0 amide bonds. The Hall–Kier alpha value is -0.500. The lowest BCUT2D eigenvalue weighted by molar-refractivity contribution is -0.185. The van der Waals surface area contributed by atoms with Crippen LogP contribution in [0.2, 0.25) is 0 Å². The van der Waals surface area contributed by atoms with Gasteiger partial charge in [-0.3, -0.25) is 5.43 Å². The highest BCUT2D eigenvalue weighted by Crippen LogP contribution is 2.36. The number of carbonyl (C=O) groups is 1. The Balaban J connectivity index is 2.27. The molecule has 80 valence electrons. The van der Waals surface area contributed by atoms with E-state index in [-0.39, 0.29) is 5.97 Å². The van der Waals surface area contributed by atoms with E-state index < -0.39 is 0 Å². The molecule has 0 aromatic rings. The maximum Gasteiger partial charge on any atom is 0.331 e. The number of fused-ring (bicyclic) bond motifs is 1. The molecule has 1 aliphatic carbocycles. The number of hydrogen-bond acceptors (Lipinski definition) is 4. The number of allylic oxidation sites excluding steroid dienone is 4. The summed E-state index contributed by atoms with van der Waals surface area (Å²) in [6.07, 6.45) is 4.81. The van der Waals surface area contributed by atoms with Crippen molar-refractivity contribution in [2.45, 2.75) is 13.3 Å². The number of hydrazine groups is 1. The number of carbonyl (C=O) groups excluding carboxylic acids is 1. The van der Waals surface area contributed by atoms with Gasteiger partial charge in [-0.05, 0) is 35.1 Å². The van der Waals surface area contributed by atoms with Crippen molar-refractivity contribution in [2.24, 2.45) is 0 Å². The van der Waals surface area contributed by atoms with Crippen LogP contribution >= 0.6 is 38.5 Å². The molecule has 0 saturated carbocycles. The first-order valence-electron chi connectivity index (χ1n) is 4.29. The zero-order valence-electron chi connectivity index (χ0n) is 7.88. The standard InChI is InChI=1S/C9H8BrIN2O2/c1-5(14)15-13-8-4-6(10)2-3-7(8)9(11)12-13/h2,4,12H,3H2,1H3. The lowest BCUT2D eigenvalue weighted by Crippen LogP contribution is -2.32. The third kappa shape index (κ3) is 2.20. The third-order valence-electron chi connectivity index (χ3n) is 1.99. The van der Waals surface area contributed by atoms with Crippen molar-refractivity contribution < 1.29 is 9.63 Å². The third-order valence-corrected chi connectivity index (χ3v) is 3.43. The van der Waals surface area contributed by atoms with Gasteiger partial charge < -0.3 is 4.84 Å². The van der Waals surface area contributed by atoms with Gasteiger partial charge in [0.05, 0.1) is 0 Å². The van der Waals surface area contributed by atoms with Gasteiger partial charge in [-0.25, -0.2) is 4.79 Å². The Kier molecular flexibility index (Phi) is 3.06. The summed E-state index contributed by atoms with van der Waals surface area (Å²) in [5, 5.41) is 1.40. The number of rotatable bonds is 1. The van der Waals surface area contributed by atoms with Crippen LogP contribution in [0, 0.1) is 0 Å². The summed E-state index contributed by atoms with van der Waals surface area (Å²) in [5.41, 5.74) is 5.00. The summed E-state index contributed by atoms with van der Waals surface area (Å²) in [7, 11) is 0. The molecule has 0 aromatic heterocycles. The smallest absolute Gasteiger partial charge is 0.321 e. The lowest BCUT2D eigenvalue weighted by Gasteiger charge is -2.20. The van der Waals surface area contributed by atoms with Crippen molar-refractivity contribution in [2.75, 3.05) is 0 Å². The van der Waals surface area contributed by atoms with Crippen LogP contribution in [-0.2, 0) is 9.63 Å². The molecule has 15 heavy (non-hydrogen) atoms. The molecule has 0 fully saturated rings. The monoisotopic (exact) mass is 382 g/mol. The van der Waals surface area contributed by atoms with Crippen molar-refractivity contribution in [3.05, 3.63) is 31.6 Å². The molecule has 0 aromatic carbocycles. The fourth-order valence-electron chi connectivity index (χ4n) is 1.38. The summed E-state index contributed by atoms with van der Waals surface area (Å²) in [6.45, 7) is 1.38. The second-order valence-corrected chi connectivity index (χ2v) is 5.10. The Morgan fingerprint density at radius 1 is 1.73 bits per heavy atom. The number of nitrogens with zero attached hydrogens (tertiary/aromatic N) is 1. The molecule has 0 unspecified atom stereocenters. The van der Waals surface area contributed by atoms with Crippen LogP contribution in [0.1, 0.15) is 13.3 Å². The van der Waals surface area contributed by atoms with E-state index >= 15 is 0 Å². The van der Waals surface area contributed by atoms with Crippen molar-refractivity contribution in [3.8, 4) is 0 Å². The molecule has 0 bridgehead atoms. The van der Waals surface area contributed by atoms with E-state index in [9.17, 15) is 4.79 Å². The summed E-state index contributed by atoms with van der Waals surface area (Å²) in [4.78, 5) is 15.9. The SMILES string of the molecule is CC(=O)ON1NC(I)=C2CC=C(Br)C=C21. The maximum atomic E-state index is 10.9. The van der Waals surface area contributed by atoms with E-state index in [4.69, 9.17) is 4.84 Å². The molecule has 2 aliphatic rings. The summed E-state index contributed by atoms with van der Waals surface area (Å²) in [6, 6.07) is 0. The van der Waals surface area contributed by atoms with Crippen LogP contribution in [0.15, 0.2) is 31.6 Å². The fourth-order valence-corrected chi connectivity index (χ4v) is 2.48. The van der Waals surface area contributed by atoms with E-state index in [0.717, 1.165) is 25.9 Å². The van der Waals surface area contributed by atoms with Gasteiger partial charge in [0.15, 0.2) is 0 Å². The average molecular weight is 383 g/mol. The molecule has 0 radical (unpaired) electrons. The second kappa shape index (κ2) is 4.17. The minimum Gasteiger partial charge on any atom is -0.321 e. The van der Waals surface area contributed by atoms with E-state index in [2.05, 4.69) is 50.0 Å². The van der Waals surface area contributed by atoms with Gasteiger partial charge in [0.2, 0.25) is 0 Å². The molecular weight excluding hydrogens is 375 g/mol. The molecule has 2 rings (SSSR count). The van der Waals surface area contributed by atoms with Gasteiger partial charge in [-0.15, -0.1) is 5.17 Å². The number of hydrogen-bond donors (Lipinski definition) is 1. The first kappa shape index (κ1) is 11.0. The zero-order valence-corrected chi connectivity index (χ0v) is 11.6. The predicted octanol–water partition coefficient (Wildman–Crippen LogP) is 2.50. The quantitative estimate of drug-likeness (QED) is 0.559. The highest BCUT2D eigenvalue weighted by molar-refractivity contribution is 14.1. The molecule has 6 heteroatoms. The Labute approximate surface area is 109 Å². The highest BCUT2D eigenvalue weighted by atomic mass is 127. The van der Waals surface area contributed by atoms with E-state index in [1.807, 2.05) is 6.08 Å². The topological polar surface area (TPSA) is 41.6 Å². The molecule has 1 N–H and O–H groups in total. The normalized spacial score (nSPS) is 19.3. The van der Waals surface area contributed by atoms with Gasteiger partial charge >= 0.3 is 5.97 Å². The lowest BCUT2D eigenvalue weighted by atomic mass is 10.1. The molecule has 1 heterocycles. The summed E-state index contributed by atoms with van der Waals surface area (Å²) in [5.74, 6) is -0.348. The van der Waals surface area contributed by atoms with Crippen LogP contribution in [0.4, 0.5) is 0 Å². The predicted molar refractivity (Wildman–Crippen MR) is 67.5 cm³/mol. The molecule has 0 atom stereocenters. The summed E-state index contributed by atoms with van der Waals surface area (Å²) >= 11 is 5.59. The van der Waals surface area contributed by atoms with Crippen molar-refractivity contribution >= 4 is 44.5 Å². The van der Waals surface area contributed by atoms with Gasteiger partial charge in [0, 0.05) is 17.0 Å². The van der Waals surface area contributed by atoms with Crippen molar-refractivity contribution in [1.82, 2.24) is 10.6 Å². The highest BCUT2D eigenvalue weighted by Gasteiger charge is 2.28. The van der Waals surface area contributed by atoms with Crippen LogP contribution in [0.5, 0.6) is 0 Å². The number of nitrogens with one attached hydrogen (secondary N) is 1. The number of hydroxylamine groups is 1. The van der Waals surface area contributed by atoms with Gasteiger partial charge in [0.25, 0.3) is 0 Å². The largest absolute Gasteiger partial charge is 0.331 e. The molecule has 0 saturated heterocycles. The Morgan fingerprint density at radius 3 is 3.13 bits per heavy atom. The van der Waals surface area contributed by atoms with Crippen LogP contribution in [0.25, 0.3) is 0 Å². The van der Waals surface area contributed by atoms with Crippen LogP contribution in [-0.4, -0.2) is 11.1 Å². The first-order chi connectivity index (χ1) is 7.08. The average Bonchev–Trinajstić information content (AvgIpc) is 2.42. The number of halogens is 2. The van der Waals surface area contributed by atoms with E-state index in [0.29, 0.717) is 0 Å². The van der Waals surface area contributed by atoms with Crippen LogP contribution < -0.4 is 5.43 Å². The Bertz CT molecular complexity index is 414. The first-order valence-corrected chi connectivity index (χ1v) is 6.17.